The Morgan fingerprint density at radius 1 is 1.47 bits per heavy atom. The maximum absolute atomic E-state index is 11.8. The SMILES string of the molecule is COCCCNc1nnc(Cc2cccs2)c(=O)[nH]1. The van der Waals surface area contributed by atoms with E-state index in [9.17, 15) is 4.79 Å². The van der Waals surface area contributed by atoms with E-state index >= 15 is 0 Å². The third-order valence-corrected chi connectivity index (χ3v) is 3.38. The number of nitrogens with zero attached hydrogens (tertiary/aromatic N) is 2. The topological polar surface area (TPSA) is 79.9 Å². The normalized spacial score (nSPS) is 10.6. The van der Waals surface area contributed by atoms with Gasteiger partial charge in [0.1, 0.15) is 5.69 Å². The van der Waals surface area contributed by atoms with Gasteiger partial charge in [-0.25, -0.2) is 0 Å². The minimum Gasteiger partial charge on any atom is -0.385 e. The van der Waals surface area contributed by atoms with E-state index in [2.05, 4.69) is 20.5 Å². The van der Waals surface area contributed by atoms with Crippen molar-refractivity contribution in [3.05, 3.63) is 38.4 Å². The van der Waals surface area contributed by atoms with E-state index in [0.29, 0.717) is 31.2 Å². The number of ether oxygens (including phenoxy) is 1. The van der Waals surface area contributed by atoms with Crippen LogP contribution in [0.1, 0.15) is 17.0 Å². The second kappa shape index (κ2) is 7.01. The van der Waals surface area contributed by atoms with Gasteiger partial charge in [0, 0.05) is 31.6 Å². The van der Waals surface area contributed by atoms with Crippen LogP contribution in [0.2, 0.25) is 0 Å². The molecule has 6 nitrogen and oxygen atoms in total. The van der Waals surface area contributed by atoms with E-state index in [1.165, 1.54) is 0 Å². The van der Waals surface area contributed by atoms with Crippen molar-refractivity contribution in [3.8, 4) is 0 Å². The first kappa shape index (κ1) is 13.7. The molecule has 19 heavy (non-hydrogen) atoms. The van der Waals surface area contributed by atoms with Gasteiger partial charge in [0.15, 0.2) is 0 Å². The number of aromatic nitrogens is 3. The number of rotatable bonds is 7. The Bertz CT molecular complexity index is 553. The minimum absolute atomic E-state index is 0.197. The average molecular weight is 280 g/mol. The predicted molar refractivity (Wildman–Crippen MR) is 74.8 cm³/mol. The summed E-state index contributed by atoms with van der Waals surface area (Å²) >= 11 is 1.60. The smallest absolute Gasteiger partial charge is 0.274 e. The molecule has 0 spiro atoms. The van der Waals surface area contributed by atoms with Crippen LogP contribution in [0.25, 0.3) is 0 Å². The first-order valence-corrected chi connectivity index (χ1v) is 6.88. The summed E-state index contributed by atoms with van der Waals surface area (Å²) in [5, 5.41) is 12.9. The fraction of sp³-hybridized carbons (Fsp3) is 0.417. The number of thiophene rings is 1. The lowest BCUT2D eigenvalue weighted by Gasteiger charge is -2.04. The Hall–Kier alpha value is -1.73. The first-order chi connectivity index (χ1) is 9.29. The van der Waals surface area contributed by atoms with E-state index in [1.807, 2.05) is 17.5 Å². The lowest BCUT2D eigenvalue weighted by atomic mass is 10.3. The molecule has 0 aromatic carbocycles. The van der Waals surface area contributed by atoms with Crippen molar-refractivity contribution >= 4 is 17.3 Å². The van der Waals surface area contributed by atoms with E-state index in [-0.39, 0.29) is 5.56 Å². The zero-order chi connectivity index (χ0) is 13.5. The molecule has 0 unspecified atom stereocenters. The Morgan fingerprint density at radius 2 is 2.37 bits per heavy atom. The van der Waals surface area contributed by atoms with Gasteiger partial charge in [0.05, 0.1) is 0 Å². The van der Waals surface area contributed by atoms with Crippen LogP contribution >= 0.6 is 11.3 Å². The zero-order valence-electron chi connectivity index (χ0n) is 10.7. The lowest BCUT2D eigenvalue weighted by molar-refractivity contribution is 0.197. The van der Waals surface area contributed by atoms with Crippen molar-refractivity contribution in [1.82, 2.24) is 15.2 Å². The molecule has 0 aliphatic heterocycles. The van der Waals surface area contributed by atoms with E-state index in [1.54, 1.807) is 18.4 Å². The monoisotopic (exact) mass is 280 g/mol. The number of methoxy groups -OCH3 is 1. The zero-order valence-corrected chi connectivity index (χ0v) is 11.5. The molecular formula is C12H16N4O2S. The first-order valence-electron chi connectivity index (χ1n) is 6.00. The fourth-order valence-electron chi connectivity index (χ4n) is 1.56. The number of nitrogens with one attached hydrogen (secondary N) is 2. The number of anilines is 1. The Labute approximate surface area is 114 Å². The van der Waals surface area contributed by atoms with Crippen LogP contribution in [0.3, 0.4) is 0 Å². The maximum Gasteiger partial charge on any atom is 0.274 e. The van der Waals surface area contributed by atoms with Gasteiger partial charge in [-0.1, -0.05) is 6.07 Å². The third kappa shape index (κ3) is 4.15. The predicted octanol–water partition coefficient (Wildman–Crippen LogP) is 1.27. The highest BCUT2D eigenvalue weighted by Crippen LogP contribution is 2.11. The highest BCUT2D eigenvalue weighted by Gasteiger charge is 2.06. The molecule has 7 heteroatoms. The van der Waals surface area contributed by atoms with Crippen molar-refractivity contribution in [2.45, 2.75) is 12.8 Å². The Morgan fingerprint density at radius 3 is 3.05 bits per heavy atom. The van der Waals surface area contributed by atoms with Gasteiger partial charge in [-0.2, -0.15) is 0 Å². The molecule has 2 rings (SSSR count). The highest BCUT2D eigenvalue weighted by molar-refractivity contribution is 7.09. The van der Waals surface area contributed by atoms with E-state index in [4.69, 9.17) is 4.74 Å². The molecule has 0 aliphatic rings. The molecule has 0 saturated heterocycles. The Kier molecular flexibility index (Phi) is 5.05. The minimum atomic E-state index is -0.197. The van der Waals surface area contributed by atoms with Gasteiger partial charge >= 0.3 is 0 Å². The molecule has 2 aromatic rings. The van der Waals surface area contributed by atoms with Crippen molar-refractivity contribution in [3.63, 3.8) is 0 Å². The summed E-state index contributed by atoms with van der Waals surface area (Å²) in [6.45, 7) is 1.35. The van der Waals surface area contributed by atoms with E-state index in [0.717, 1.165) is 11.3 Å². The summed E-state index contributed by atoms with van der Waals surface area (Å²) in [7, 11) is 1.65. The van der Waals surface area contributed by atoms with Gasteiger partial charge in [-0.05, 0) is 17.9 Å². The maximum atomic E-state index is 11.8. The van der Waals surface area contributed by atoms with Crippen LogP contribution in [0.5, 0.6) is 0 Å². The fourth-order valence-corrected chi connectivity index (χ4v) is 2.27. The standard InChI is InChI=1S/C12H16N4O2S/c1-18-6-3-5-13-12-14-11(17)10(15-16-12)8-9-4-2-7-19-9/h2,4,7H,3,5-6,8H2,1H3,(H2,13,14,16,17). The van der Waals surface area contributed by atoms with Crippen LogP contribution in [-0.4, -0.2) is 35.4 Å². The molecular weight excluding hydrogens is 264 g/mol. The summed E-state index contributed by atoms with van der Waals surface area (Å²) in [5.41, 5.74) is 0.238. The summed E-state index contributed by atoms with van der Waals surface area (Å²) in [4.78, 5) is 15.6. The van der Waals surface area contributed by atoms with E-state index < -0.39 is 0 Å². The van der Waals surface area contributed by atoms with Crippen molar-refractivity contribution < 1.29 is 4.74 Å². The molecule has 2 aromatic heterocycles. The molecule has 102 valence electrons. The molecule has 0 atom stereocenters. The molecule has 0 fully saturated rings. The molecule has 2 heterocycles. The highest BCUT2D eigenvalue weighted by atomic mass is 32.1. The van der Waals surface area contributed by atoms with Crippen molar-refractivity contribution in [2.75, 3.05) is 25.6 Å². The summed E-state index contributed by atoms with van der Waals surface area (Å²) < 4.78 is 4.93. The number of hydrogen-bond donors (Lipinski definition) is 2. The summed E-state index contributed by atoms with van der Waals surface area (Å²) in [6, 6.07) is 3.93. The number of hydrogen-bond acceptors (Lipinski definition) is 6. The average Bonchev–Trinajstić information content (AvgIpc) is 2.91. The van der Waals surface area contributed by atoms with Gasteiger partial charge in [-0.15, -0.1) is 21.5 Å². The molecule has 0 aliphatic carbocycles. The molecule has 0 saturated carbocycles. The van der Waals surface area contributed by atoms with Crippen LogP contribution < -0.4 is 10.9 Å². The van der Waals surface area contributed by atoms with Gasteiger partial charge in [-0.3, -0.25) is 9.78 Å². The van der Waals surface area contributed by atoms with Gasteiger partial charge < -0.3 is 10.1 Å². The van der Waals surface area contributed by atoms with Crippen molar-refractivity contribution in [2.24, 2.45) is 0 Å². The Balaban J connectivity index is 1.95. The molecule has 0 radical (unpaired) electrons. The van der Waals surface area contributed by atoms with Crippen LogP contribution in [0, 0.1) is 0 Å². The van der Waals surface area contributed by atoms with Gasteiger partial charge in [0.2, 0.25) is 5.95 Å². The van der Waals surface area contributed by atoms with Crippen LogP contribution in [0.15, 0.2) is 22.3 Å². The number of H-pyrrole nitrogens is 1. The lowest BCUT2D eigenvalue weighted by Crippen LogP contribution is -2.20. The third-order valence-electron chi connectivity index (χ3n) is 2.50. The van der Waals surface area contributed by atoms with Crippen LogP contribution in [0.4, 0.5) is 5.95 Å². The second-order valence-electron chi connectivity index (χ2n) is 3.98. The molecule has 0 bridgehead atoms. The molecule has 2 N–H and O–H groups in total. The summed E-state index contributed by atoms with van der Waals surface area (Å²) in [5.74, 6) is 0.399. The van der Waals surface area contributed by atoms with Crippen molar-refractivity contribution in [1.29, 1.82) is 0 Å². The summed E-state index contributed by atoms with van der Waals surface area (Å²) in [6.07, 6.45) is 1.36. The molecule has 0 amide bonds. The van der Waals surface area contributed by atoms with Crippen LogP contribution in [-0.2, 0) is 11.2 Å². The quantitative estimate of drug-likeness (QED) is 0.747. The van der Waals surface area contributed by atoms with Gasteiger partial charge in [0.25, 0.3) is 5.56 Å². The number of aromatic amines is 1. The largest absolute Gasteiger partial charge is 0.385 e. The second-order valence-corrected chi connectivity index (χ2v) is 5.01.